The average Bonchev–Trinajstić information content (AvgIpc) is 2.77. The van der Waals surface area contributed by atoms with Crippen molar-refractivity contribution in [2.24, 2.45) is 5.73 Å². The lowest BCUT2D eigenvalue weighted by Gasteiger charge is -2.02. The SMILES string of the molecule is CS(=O)(=O)c1cnc(-c2ccccc2C(N)=O)s1. The molecule has 18 heavy (non-hydrogen) atoms. The second-order valence-electron chi connectivity index (χ2n) is 3.67. The van der Waals surface area contributed by atoms with Gasteiger partial charge < -0.3 is 5.73 Å². The van der Waals surface area contributed by atoms with Crippen LogP contribution in [0.1, 0.15) is 10.4 Å². The predicted molar refractivity (Wildman–Crippen MR) is 69.2 cm³/mol. The van der Waals surface area contributed by atoms with Gasteiger partial charge in [0.15, 0.2) is 9.84 Å². The molecule has 2 aromatic rings. The lowest BCUT2D eigenvalue weighted by Crippen LogP contribution is -2.12. The summed E-state index contributed by atoms with van der Waals surface area (Å²) < 4.78 is 22.9. The van der Waals surface area contributed by atoms with E-state index >= 15 is 0 Å². The van der Waals surface area contributed by atoms with E-state index in [0.29, 0.717) is 16.1 Å². The van der Waals surface area contributed by atoms with Crippen LogP contribution in [0.5, 0.6) is 0 Å². The molecular formula is C11H10N2O3S2. The third-order valence-electron chi connectivity index (χ3n) is 2.27. The average molecular weight is 282 g/mol. The molecule has 0 aliphatic carbocycles. The molecule has 0 unspecified atom stereocenters. The highest BCUT2D eigenvalue weighted by Crippen LogP contribution is 2.30. The monoisotopic (exact) mass is 282 g/mol. The standard InChI is InChI=1S/C11H10N2O3S2/c1-18(15,16)9-6-13-11(17-9)8-5-3-2-4-7(8)10(12)14/h2-6H,1H3,(H2,12,14). The quantitative estimate of drug-likeness (QED) is 0.919. The van der Waals surface area contributed by atoms with Gasteiger partial charge in [-0.1, -0.05) is 18.2 Å². The third-order valence-corrected chi connectivity index (χ3v) is 5.09. The van der Waals surface area contributed by atoms with E-state index in [0.717, 1.165) is 17.6 Å². The maximum atomic E-state index is 11.4. The molecule has 0 saturated carbocycles. The second-order valence-corrected chi connectivity index (χ2v) is 6.94. The Kier molecular flexibility index (Phi) is 3.18. The Hall–Kier alpha value is -1.73. The van der Waals surface area contributed by atoms with Gasteiger partial charge in [-0.3, -0.25) is 4.79 Å². The number of amides is 1. The lowest BCUT2D eigenvalue weighted by atomic mass is 10.1. The van der Waals surface area contributed by atoms with E-state index in [1.54, 1.807) is 24.3 Å². The molecule has 0 bridgehead atoms. The second kappa shape index (κ2) is 4.51. The number of nitrogens with two attached hydrogens (primary N) is 1. The van der Waals surface area contributed by atoms with Crippen LogP contribution in [0.3, 0.4) is 0 Å². The minimum Gasteiger partial charge on any atom is -0.366 e. The van der Waals surface area contributed by atoms with Gasteiger partial charge >= 0.3 is 0 Å². The van der Waals surface area contributed by atoms with E-state index in [1.165, 1.54) is 6.20 Å². The summed E-state index contributed by atoms with van der Waals surface area (Å²) in [5.74, 6) is -0.568. The Morgan fingerprint density at radius 3 is 2.56 bits per heavy atom. The number of carbonyl (C=O) groups excluding carboxylic acids is 1. The van der Waals surface area contributed by atoms with E-state index in [2.05, 4.69) is 4.98 Å². The number of hydrogen-bond acceptors (Lipinski definition) is 5. The van der Waals surface area contributed by atoms with Gasteiger partial charge in [0, 0.05) is 17.4 Å². The first kappa shape index (κ1) is 12.7. The Morgan fingerprint density at radius 1 is 1.33 bits per heavy atom. The summed E-state index contributed by atoms with van der Waals surface area (Å²) in [6, 6.07) is 6.70. The Balaban J connectivity index is 2.57. The molecule has 0 atom stereocenters. The van der Waals surface area contributed by atoms with Crippen molar-refractivity contribution in [3.63, 3.8) is 0 Å². The first-order valence-corrected chi connectivity index (χ1v) is 7.65. The van der Waals surface area contributed by atoms with E-state index in [-0.39, 0.29) is 4.21 Å². The van der Waals surface area contributed by atoms with Crippen molar-refractivity contribution in [1.82, 2.24) is 4.98 Å². The summed E-state index contributed by atoms with van der Waals surface area (Å²) in [5.41, 5.74) is 6.14. The number of aromatic nitrogens is 1. The fourth-order valence-electron chi connectivity index (χ4n) is 1.44. The highest BCUT2D eigenvalue weighted by molar-refractivity contribution is 7.92. The van der Waals surface area contributed by atoms with Crippen molar-refractivity contribution >= 4 is 27.1 Å². The first-order valence-electron chi connectivity index (χ1n) is 4.94. The van der Waals surface area contributed by atoms with Crippen LogP contribution in [0.25, 0.3) is 10.6 Å². The fraction of sp³-hybridized carbons (Fsp3) is 0.0909. The van der Waals surface area contributed by atoms with Crippen molar-refractivity contribution in [2.45, 2.75) is 4.21 Å². The molecule has 2 N–H and O–H groups in total. The van der Waals surface area contributed by atoms with Crippen LogP contribution in [0.2, 0.25) is 0 Å². The Labute approximate surface area is 108 Å². The van der Waals surface area contributed by atoms with Crippen LogP contribution in [0.15, 0.2) is 34.7 Å². The van der Waals surface area contributed by atoms with Crippen molar-refractivity contribution in [1.29, 1.82) is 0 Å². The molecule has 0 aliphatic heterocycles. The molecule has 0 aliphatic rings. The zero-order valence-corrected chi connectivity index (χ0v) is 11.1. The van der Waals surface area contributed by atoms with E-state index in [1.807, 2.05) is 0 Å². The Bertz CT molecular complexity index is 705. The number of nitrogens with zero attached hydrogens (tertiary/aromatic N) is 1. The van der Waals surface area contributed by atoms with Gasteiger partial charge in [-0.2, -0.15) is 0 Å². The molecule has 5 nitrogen and oxygen atoms in total. The molecular weight excluding hydrogens is 272 g/mol. The molecule has 2 rings (SSSR count). The van der Waals surface area contributed by atoms with Gasteiger partial charge in [0.1, 0.15) is 9.22 Å². The molecule has 1 aromatic heterocycles. The summed E-state index contributed by atoms with van der Waals surface area (Å²) >= 11 is 1.02. The summed E-state index contributed by atoms with van der Waals surface area (Å²) in [6.07, 6.45) is 2.40. The zero-order valence-electron chi connectivity index (χ0n) is 9.45. The number of primary amides is 1. The molecule has 0 radical (unpaired) electrons. The van der Waals surface area contributed by atoms with Gasteiger partial charge in [0.05, 0.1) is 6.20 Å². The van der Waals surface area contributed by atoms with Gasteiger partial charge in [-0.15, -0.1) is 11.3 Å². The van der Waals surface area contributed by atoms with Crippen molar-refractivity contribution in [3.8, 4) is 10.6 Å². The number of carbonyl (C=O) groups is 1. The minimum atomic E-state index is -3.28. The predicted octanol–water partition coefficient (Wildman–Crippen LogP) is 1.31. The molecule has 94 valence electrons. The van der Waals surface area contributed by atoms with Gasteiger partial charge in [0.25, 0.3) is 0 Å². The molecule has 1 amide bonds. The highest BCUT2D eigenvalue weighted by atomic mass is 32.2. The van der Waals surface area contributed by atoms with Crippen molar-refractivity contribution in [3.05, 3.63) is 36.0 Å². The zero-order chi connectivity index (χ0) is 13.3. The molecule has 0 fully saturated rings. The van der Waals surface area contributed by atoms with Crippen LogP contribution >= 0.6 is 11.3 Å². The van der Waals surface area contributed by atoms with Gasteiger partial charge in [0.2, 0.25) is 5.91 Å². The molecule has 1 aromatic carbocycles. The number of rotatable bonds is 3. The summed E-state index contributed by atoms with van der Waals surface area (Å²) in [5, 5.41) is 0.463. The normalized spacial score (nSPS) is 11.4. The van der Waals surface area contributed by atoms with E-state index in [9.17, 15) is 13.2 Å². The Morgan fingerprint density at radius 2 is 2.00 bits per heavy atom. The topological polar surface area (TPSA) is 90.1 Å². The van der Waals surface area contributed by atoms with Crippen LogP contribution in [-0.4, -0.2) is 25.6 Å². The summed E-state index contributed by atoms with van der Waals surface area (Å²) in [7, 11) is -3.28. The van der Waals surface area contributed by atoms with Crippen LogP contribution in [-0.2, 0) is 9.84 Å². The molecule has 7 heteroatoms. The van der Waals surface area contributed by atoms with Crippen LogP contribution < -0.4 is 5.73 Å². The smallest absolute Gasteiger partial charge is 0.249 e. The minimum absolute atomic E-state index is 0.164. The molecule has 1 heterocycles. The number of benzene rings is 1. The summed E-state index contributed by atoms with van der Waals surface area (Å²) in [6.45, 7) is 0. The van der Waals surface area contributed by atoms with Gasteiger partial charge in [-0.25, -0.2) is 13.4 Å². The maximum absolute atomic E-state index is 11.4. The largest absolute Gasteiger partial charge is 0.366 e. The number of thiazole rings is 1. The van der Waals surface area contributed by atoms with E-state index in [4.69, 9.17) is 5.73 Å². The molecule has 0 saturated heterocycles. The molecule has 0 spiro atoms. The van der Waals surface area contributed by atoms with Crippen molar-refractivity contribution in [2.75, 3.05) is 6.26 Å². The van der Waals surface area contributed by atoms with Crippen LogP contribution in [0.4, 0.5) is 0 Å². The lowest BCUT2D eigenvalue weighted by molar-refractivity contribution is 0.100. The third kappa shape index (κ3) is 2.41. The summed E-state index contributed by atoms with van der Waals surface area (Å²) in [4.78, 5) is 15.3. The highest BCUT2D eigenvalue weighted by Gasteiger charge is 2.16. The van der Waals surface area contributed by atoms with Crippen molar-refractivity contribution < 1.29 is 13.2 Å². The number of sulfone groups is 1. The first-order chi connectivity index (χ1) is 8.39. The maximum Gasteiger partial charge on any atom is 0.249 e. The fourth-order valence-corrected chi connectivity index (χ4v) is 3.22. The van der Waals surface area contributed by atoms with E-state index < -0.39 is 15.7 Å². The van der Waals surface area contributed by atoms with Gasteiger partial charge in [-0.05, 0) is 6.07 Å². The number of hydrogen-bond donors (Lipinski definition) is 1. The van der Waals surface area contributed by atoms with Crippen LogP contribution in [0, 0.1) is 0 Å².